The fourth-order valence-corrected chi connectivity index (χ4v) is 2.80. The van der Waals surface area contributed by atoms with Gasteiger partial charge in [0.15, 0.2) is 0 Å². The molecule has 0 radical (unpaired) electrons. The summed E-state index contributed by atoms with van der Waals surface area (Å²) in [6.07, 6.45) is 1.19. The molecule has 0 unspecified atom stereocenters. The highest BCUT2D eigenvalue weighted by atomic mass is 32.2. The molecule has 0 saturated carbocycles. The van der Waals surface area contributed by atoms with Gasteiger partial charge in [-0.05, 0) is 6.07 Å². The SMILES string of the molecule is O=c1ccc(S(=O)(=O)NCCN2CCOCC2)c[nH]1. The van der Waals surface area contributed by atoms with Crippen molar-refractivity contribution in [1.29, 1.82) is 0 Å². The third-order valence-corrected chi connectivity index (χ3v) is 4.35. The molecule has 0 amide bonds. The number of ether oxygens (including phenoxy) is 1. The van der Waals surface area contributed by atoms with E-state index in [2.05, 4.69) is 14.6 Å². The molecule has 1 saturated heterocycles. The molecule has 0 bridgehead atoms. The third kappa shape index (κ3) is 4.13. The van der Waals surface area contributed by atoms with Gasteiger partial charge in [0.25, 0.3) is 0 Å². The number of rotatable bonds is 5. The number of H-pyrrole nitrogens is 1. The summed E-state index contributed by atoms with van der Waals surface area (Å²) >= 11 is 0. The first-order valence-corrected chi connectivity index (χ1v) is 7.55. The monoisotopic (exact) mass is 287 g/mol. The van der Waals surface area contributed by atoms with Gasteiger partial charge in [0.1, 0.15) is 0 Å². The highest BCUT2D eigenvalue weighted by Crippen LogP contribution is 2.03. The lowest BCUT2D eigenvalue weighted by molar-refractivity contribution is 0.0390. The summed E-state index contributed by atoms with van der Waals surface area (Å²) in [7, 11) is -3.56. The van der Waals surface area contributed by atoms with Crippen molar-refractivity contribution in [2.45, 2.75) is 4.90 Å². The summed E-state index contributed by atoms with van der Waals surface area (Å²) in [5, 5.41) is 0. The number of nitrogens with zero attached hydrogens (tertiary/aromatic N) is 1. The van der Waals surface area contributed by atoms with Crippen LogP contribution in [0.1, 0.15) is 0 Å². The van der Waals surface area contributed by atoms with E-state index in [1.54, 1.807) is 0 Å². The molecule has 2 N–H and O–H groups in total. The Kier molecular flexibility index (Phi) is 4.70. The number of hydrogen-bond donors (Lipinski definition) is 2. The Bertz CT molecular complexity index is 543. The fourth-order valence-electron chi connectivity index (χ4n) is 1.81. The quantitative estimate of drug-likeness (QED) is 0.724. The third-order valence-electron chi connectivity index (χ3n) is 2.89. The van der Waals surface area contributed by atoms with Crippen molar-refractivity contribution in [2.24, 2.45) is 0 Å². The van der Waals surface area contributed by atoms with Crippen LogP contribution in [0.15, 0.2) is 28.0 Å². The van der Waals surface area contributed by atoms with Crippen molar-refractivity contribution < 1.29 is 13.2 Å². The zero-order valence-corrected chi connectivity index (χ0v) is 11.3. The number of nitrogens with one attached hydrogen (secondary N) is 2. The molecule has 1 aromatic heterocycles. The van der Waals surface area contributed by atoms with E-state index in [1.165, 1.54) is 18.3 Å². The normalized spacial score (nSPS) is 17.5. The van der Waals surface area contributed by atoms with Crippen molar-refractivity contribution in [3.05, 3.63) is 28.7 Å². The number of pyridine rings is 1. The topological polar surface area (TPSA) is 91.5 Å². The van der Waals surface area contributed by atoms with Crippen molar-refractivity contribution in [2.75, 3.05) is 39.4 Å². The molecule has 2 heterocycles. The maximum absolute atomic E-state index is 11.9. The first-order valence-electron chi connectivity index (χ1n) is 6.06. The van der Waals surface area contributed by atoms with Crippen molar-refractivity contribution in [3.63, 3.8) is 0 Å². The molecular weight excluding hydrogens is 270 g/mol. The minimum atomic E-state index is -3.56. The molecule has 0 aromatic carbocycles. The van der Waals surface area contributed by atoms with Crippen molar-refractivity contribution >= 4 is 10.0 Å². The van der Waals surface area contributed by atoms with Gasteiger partial charge in [0, 0.05) is 38.4 Å². The molecule has 8 heteroatoms. The van der Waals surface area contributed by atoms with Crippen LogP contribution in [0.3, 0.4) is 0 Å². The second-order valence-corrected chi connectivity index (χ2v) is 6.01. The Balaban J connectivity index is 1.87. The number of aromatic nitrogens is 1. The van der Waals surface area contributed by atoms with Gasteiger partial charge in [0.05, 0.1) is 18.1 Å². The Morgan fingerprint density at radius 3 is 2.68 bits per heavy atom. The predicted molar refractivity (Wildman–Crippen MR) is 69.5 cm³/mol. The Labute approximate surface area is 111 Å². The minimum Gasteiger partial charge on any atom is -0.379 e. The van der Waals surface area contributed by atoms with Gasteiger partial charge in [-0.3, -0.25) is 9.69 Å². The lowest BCUT2D eigenvalue weighted by Gasteiger charge is -2.26. The largest absolute Gasteiger partial charge is 0.379 e. The zero-order valence-electron chi connectivity index (χ0n) is 10.5. The summed E-state index contributed by atoms with van der Waals surface area (Å²) in [6, 6.07) is 2.48. The number of hydrogen-bond acceptors (Lipinski definition) is 5. The van der Waals surface area contributed by atoms with Crippen molar-refractivity contribution in [3.8, 4) is 0 Å². The molecule has 0 aliphatic carbocycles. The van der Waals surface area contributed by atoms with Crippen LogP contribution in [0.4, 0.5) is 0 Å². The summed E-state index contributed by atoms with van der Waals surface area (Å²) in [5.41, 5.74) is -0.327. The van der Waals surface area contributed by atoms with E-state index in [9.17, 15) is 13.2 Å². The van der Waals surface area contributed by atoms with E-state index in [4.69, 9.17) is 4.74 Å². The van der Waals surface area contributed by atoms with Gasteiger partial charge >= 0.3 is 0 Å². The van der Waals surface area contributed by atoms with Crippen LogP contribution in [-0.2, 0) is 14.8 Å². The smallest absolute Gasteiger partial charge is 0.247 e. The molecule has 1 aliphatic heterocycles. The molecule has 0 spiro atoms. The molecular formula is C11H17N3O4S. The van der Waals surface area contributed by atoms with E-state index < -0.39 is 10.0 Å². The van der Waals surface area contributed by atoms with Gasteiger partial charge in [-0.2, -0.15) is 0 Å². The van der Waals surface area contributed by atoms with Crippen LogP contribution in [0.5, 0.6) is 0 Å². The molecule has 0 atom stereocenters. The lowest BCUT2D eigenvalue weighted by Crippen LogP contribution is -2.41. The predicted octanol–water partition coefficient (Wildman–Crippen LogP) is -1.01. The lowest BCUT2D eigenvalue weighted by atomic mass is 10.4. The molecule has 7 nitrogen and oxygen atoms in total. The average Bonchev–Trinajstić information content (AvgIpc) is 2.40. The van der Waals surface area contributed by atoms with Crippen LogP contribution in [0.25, 0.3) is 0 Å². The van der Waals surface area contributed by atoms with Crippen LogP contribution in [0, 0.1) is 0 Å². The maximum atomic E-state index is 11.9. The molecule has 19 heavy (non-hydrogen) atoms. The van der Waals surface area contributed by atoms with Crippen LogP contribution >= 0.6 is 0 Å². The van der Waals surface area contributed by atoms with Crippen LogP contribution in [0.2, 0.25) is 0 Å². The summed E-state index contributed by atoms with van der Waals surface area (Å²) < 4.78 is 31.5. The van der Waals surface area contributed by atoms with Gasteiger partial charge < -0.3 is 9.72 Å². The highest BCUT2D eigenvalue weighted by Gasteiger charge is 2.15. The second kappa shape index (κ2) is 6.29. The first kappa shape index (κ1) is 14.2. The summed E-state index contributed by atoms with van der Waals surface area (Å²) in [5.74, 6) is 0. The number of aromatic amines is 1. The van der Waals surface area contributed by atoms with Gasteiger partial charge in [-0.1, -0.05) is 0 Å². The van der Waals surface area contributed by atoms with E-state index in [0.29, 0.717) is 26.3 Å². The maximum Gasteiger partial charge on any atom is 0.247 e. The molecule has 1 aromatic rings. The Morgan fingerprint density at radius 2 is 2.05 bits per heavy atom. The van der Waals surface area contributed by atoms with E-state index in [-0.39, 0.29) is 10.5 Å². The zero-order chi connectivity index (χ0) is 13.7. The van der Waals surface area contributed by atoms with Crippen molar-refractivity contribution in [1.82, 2.24) is 14.6 Å². The molecule has 1 aliphatic rings. The molecule has 2 rings (SSSR count). The van der Waals surface area contributed by atoms with E-state index in [1.807, 2.05) is 0 Å². The highest BCUT2D eigenvalue weighted by molar-refractivity contribution is 7.89. The minimum absolute atomic E-state index is 0.0640. The molecule has 106 valence electrons. The number of morpholine rings is 1. The van der Waals surface area contributed by atoms with Gasteiger partial charge in [-0.15, -0.1) is 0 Å². The van der Waals surface area contributed by atoms with Gasteiger partial charge in [-0.25, -0.2) is 13.1 Å². The summed E-state index contributed by atoms with van der Waals surface area (Å²) in [6.45, 7) is 3.99. The fraction of sp³-hybridized carbons (Fsp3) is 0.545. The molecule has 1 fully saturated rings. The second-order valence-electron chi connectivity index (χ2n) is 4.24. The van der Waals surface area contributed by atoms with Crippen LogP contribution < -0.4 is 10.3 Å². The van der Waals surface area contributed by atoms with E-state index in [0.717, 1.165) is 13.1 Å². The number of sulfonamides is 1. The van der Waals surface area contributed by atoms with E-state index >= 15 is 0 Å². The Morgan fingerprint density at radius 1 is 1.32 bits per heavy atom. The first-order chi connectivity index (χ1) is 9.08. The Hall–Kier alpha value is -1.22. The van der Waals surface area contributed by atoms with Crippen LogP contribution in [-0.4, -0.2) is 57.7 Å². The average molecular weight is 287 g/mol. The summed E-state index contributed by atoms with van der Waals surface area (Å²) in [4.78, 5) is 15.4. The van der Waals surface area contributed by atoms with Gasteiger partial charge in [0.2, 0.25) is 15.6 Å². The standard InChI is InChI=1S/C11H17N3O4S/c15-11-2-1-10(9-12-11)19(16,17)13-3-4-14-5-7-18-8-6-14/h1-2,9,13H,3-8H2,(H,12,15).